The van der Waals surface area contributed by atoms with Gasteiger partial charge in [-0.2, -0.15) is 11.8 Å². The number of benzene rings is 1. The fourth-order valence-corrected chi connectivity index (χ4v) is 4.87. The number of carbonyl (C=O) groups is 1. The lowest BCUT2D eigenvalue weighted by Crippen LogP contribution is -2.38. The number of nitrogens with one attached hydrogen (secondary N) is 1. The zero-order valence-electron chi connectivity index (χ0n) is 13.4. The smallest absolute Gasteiger partial charge is 0.253 e. The molecule has 2 fully saturated rings. The van der Waals surface area contributed by atoms with Gasteiger partial charge in [-0.1, -0.05) is 6.07 Å². The number of sulfonamides is 1. The third-order valence-corrected chi connectivity index (χ3v) is 6.64. The molecule has 132 valence electrons. The minimum atomic E-state index is -3.61. The number of ether oxygens (including phenoxy) is 1. The lowest BCUT2D eigenvalue weighted by atomic mass is 10.1. The molecule has 24 heavy (non-hydrogen) atoms. The summed E-state index contributed by atoms with van der Waals surface area (Å²) < 4.78 is 32.8. The Labute approximate surface area is 147 Å². The Morgan fingerprint density at radius 3 is 2.83 bits per heavy atom. The Hall–Kier alpha value is -1.09. The molecule has 0 bridgehead atoms. The monoisotopic (exact) mass is 370 g/mol. The molecule has 2 aliphatic rings. The van der Waals surface area contributed by atoms with E-state index in [0.717, 1.165) is 17.9 Å². The van der Waals surface area contributed by atoms with Crippen molar-refractivity contribution in [1.29, 1.82) is 0 Å². The molecule has 6 nitrogen and oxygen atoms in total. The molecule has 1 aromatic rings. The molecule has 0 saturated carbocycles. The van der Waals surface area contributed by atoms with Crippen LogP contribution in [0.15, 0.2) is 29.2 Å². The number of rotatable bonds is 5. The van der Waals surface area contributed by atoms with Crippen molar-refractivity contribution >= 4 is 27.7 Å². The molecular formula is C16H22N2O4S2. The lowest BCUT2D eigenvalue weighted by Gasteiger charge is -2.26. The first-order chi connectivity index (χ1) is 11.6. The number of carbonyl (C=O) groups excluding carboxylic acids is 1. The van der Waals surface area contributed by atoms with Crippen molar-refractivity contribution in [3.8, 4) is 0 Å². The van der Waals surface area contributed by atoms with E-state index in [4.69, 9.17) is 4.74 Å². The van der Waals surface area contributed by atoms with Gasteiger partial charge in [-0.15, -0.1) is 0 Å². The van der Waals surface area contributed by atoms with Crippen LogP contribution in [0.2, 0.25) is 0 Å². The first-order valence-electron chi connectivity index (χ1n) is 8.11. The molecule has 0 aliphatic carbocycles. The molecule has 1 N–H and O–H groups in total. The highest BCUT2D eigenvalue weighted by Gasteiger charge is 2.23. The van der Waals surface area contributed by atoms with Crippen LogP contribution in [0.25, 0.3) is 0 Å². The van der Waals surface area contributed by atoms with Gasteiger partial charge in [0.1, 0.15) is 0 Å². The summed E-state index contributed by atoms with van der Waals surface area (Å²) in [5.41, 5.74) is 0.425. The normalized spacial score (nSPS) is 21.8. The van der Waals surface area contributed by atoms with Crippen molar-refractivity contribution in [2.45, 2.75) is 11.3 Å². The topological polar surface area (TPSA) is 75.7 Å². The third kappa shape index (κ3) is 4.30. The largest absolute Gasteiger partial charge is 0.381 e. The standard InChI is InChI=1S/C16H22N2O4S2/c19-16(18-5-8-23-9-6-18)14-2-1-3-15(10-14)24(20,21)17-11-13-4-7-22-12-13/h1-3,10,13,17H,4-9,11-12H2/t13-/m0/s1. The van der Waals surface area contributed by atoms with Gasteiger partial charge in [0.05, 0.1) is 11.5 Å². The van der Waals surface area contributed by atoms with Gasteiger partial charge in [0.15, 0.2) is 0 Å². The van der Waals surface area contributed by atoms with E-state index < -0.39 is 10.0 Å². The van der Waals surface area contributed by atoms with Gasteiger partial charge in [-0.05, 0) is 30.5 Å². The van der Waals surface area contributed by atoms with Gasteiger partial charge >= 0.3 is 0 Å². The van der Waals surface area contributed by atoms with Crippen LogP contribution in [-0.2, 0) is 14.8 Å². The van der Waals surface area contributed by atoms with Crippen LogP contribution >= 0.6 is 11.8 Å². The fourth-order valence-electron chi connectivity index (χ4n) is 2.80. The molecule has 1 atom stereocenters. The number of hydrogen-bond donors (Lipinski definition) is 1. The minimum absolute atomic E-state index is 0.100. The highest BCUT2D eigenvalue weighted by Crippen LogP contribution is 2.17. The van der Waals surface area contributed by atoms with Gasteiger partial charge < -0.3 is 9.64 Å². The maximum atomic E-state index is 12.5. The molecular weight excluding hydrogens is 348 g/mol. The molecule has 8 heteroatoms. The van der Waals surface area contributed by atoms with Crippen molar-refractivity contribution < 1.29 is 17.9 Å². The van der Waals surface area contributed by atoms with Crippen molar-refractivity contribution in [3.63, 3.8) is 0 Å². The Morgan fingerprint density at radius 2 is 2.12 bits per heavy atom. The Bertz CT molecular complexity index is 681. The van der Waals surface area contributed by atoms with Crippen molar-refractivity contribution in [2.24, 2.45) is 5.92 Å². The Kier molecular flexibility index (Phi) is 5.80. The molecule has 0 unspecified atom stereocenters. The fraction of sp³-hybridized carbons (Fsp3) is 0.562. The van der Waals surface area contributed by atoms with E-state index in [2.05, 4.69) is 4.72 Å². The molecule has 2 heterocycles. The summed E-state index contributed by atoms with van der Waals surface area (Å²) in [7, 11) is -3.61. The van der Waals surface area contributed by atoms with Crippen LogP contribution in [0.4, 0.5) is 0 Å². The second kappa shape index (κ2) is 7.86. The van der Waals surface area contributed by atoms with Crippen LogP contribution in [-0.4, -0.2) is 63.6 Å². The van der Waals surface area contributed by atoms with E-state index in [-0.39, 0.29) is 16.7 Å². The molecule has 1 aromatic carbocycles. The third-order valence-electron chi connectivity index (χ3n) is 4.28. The summed E-state index contributed by atoms with van der Waals surface area (Å²) >= 11 is 1.83. The molecule has 3 rings (SSSR count). The number of thioether (sulfide) groups is 1. The Morgan fingerprint density at radius 1 is 1.33 bits per heavy atom. The summed E-state index contributed by atoms with van der Waals surface area (Å²) in [6, 6.07) is 6.29. The molecule has 0 aromatic heterocycles. The van der Waals surface area contributed by atoms with Crippen molar-refractivity contribution in [2.75, 3.05) is 44.4 Å². The predicted molar refractivity (Wildman–Crippen MR) is 93.8 cm³/mol. The van der Waals surface area contributed by atoms with Crippen LogP contribution in [0.5, 0.6) is 0 Å². The molecule has 0 spiro atoms. The van der Waals surface area contributed by atoms with E-state index in [0.29, 0.717) is 38.4 Å². The number of amides is 1. The van der Waals surface area contributed by atoms with Gasteiger partial charge in [0.25, 0.3) is 5.91 Å². The second-order valence-corrected chi connectivity index (χ2v) is 9.01. The van der Waals surface area contributed by atoms with Crippen molar-refractivity contribution in [1.82, 2.24) is 9.62 Å². The average molecular weight is 370 g/mol. The highest BCUT2D eigenvalue weighted by atomic mass is 32.2. The van der Waals surface area contributed by atoms with Gasteiger partial charge in [0.2, 0.25) is 10.0 Å². The summed E-state index contributed by atoms with van der Waals surface area (Å²) in [5.74, 6) is 1.97. The van der Waals surface area contributed by atoms with E-state index in [1.807, 2.05) is 11.8 Å². The van der Waals surface area contributed by atoms with Gasteiger partial charge in [-0.3, -0.25) is 4.79 Å². The van der Waals surface area contributed by atoms with Crippen LogP contribution < -0.4 is 4.72 Å². The van der Waals surface area contributed by atoms with E-state index in [1.54, 1.807) is 17.0 Å². The number of nitrogens with zero attached hydrogens (tertiary/aromatic N) is 1. The van der Waals surface area contributed by atoms with Crippen molar-refractivity contribution in [3.05, 3.63) is 29.8 Å². The van der Waals surface area contributed by atoms with Gasteiger partial charge in [0, 0.05) is 43.3 Å². The van der Waals surface area contributed by atoms with Gasteiger partial charge in [-0.25, -0.2) is 13.1 Å². The zero-order chi connectivity index (χ0) is 17.0. The molecule has 2 aliphatic heterocycles. The molecule has 0 radical (unpaired) electrons. The van der Waals surface area contributed by atoms with Crippen LogP contribution in [0.1, 0.15) is 16.8 Å². The second-order valence-electron chi connectivity index (χ2n) is 6.01. The predicted octanol–water partition coefficient (Wildman–Crippen LogP) is 1.19. The van der Waals surface area contributed by atoms with E-state index in [9.17, 15) is 13.2 Å². The lowest BCUT2D eigenvalue weighted by molar-refractivity contribution is 0.0772. The maximum Gasteiger partial charge on any atom is 0.253 e. The summed E-state index contributed by atoms with van der Waals surface area (Å²) in [6.45, 7) is 3.06. The van der Waals surface area contributed by atoms with E-state index in [1.165, 1.54) is 12.1 Å². The maximum absolute atomic E-state index is 12.5. The first-order valence-corrected chi connectivity index (χ1v) is 10.7. The summed E-state index contributed by atoms with van der Waals surface area (Å²) in [5, 5.41) is 0. The van der Waals surface area contributed by atoms with E-state index >= 15 is 0 Å². The highest BCUT2D eigenvalue weighted by molar-refractivity contribution is 7.99. The zero-order valence-corrected chi connectivity index (χ0v) is 15.1. The number of hydrogen-bond acceptors (Lipinski definition) is 5. The molecule has 2 saturated heterocycles. The summed E-state index contributed by atoms with van der Waals surface area (Å²) in [4.78, 5) is 14.5. The van der Waals surface area contributed by atoms with Crippen LogP contribution in [0, 0.1) is 5.92 Å². The summed E-state index contributed by atoms with van der Waals surface area (Å²) in [6.07, 6.45) is 0.869. The minimum Gasteiger partial charge on any atom is -0.381 e. The molecule has 1 amide bonds. The van der Waals surface area contributed by atoms with Crippen LogP contribution in [0.3, 0.4) is 0 Å². The quantitative estimate of drug-likeness (QED) is 0.843. The SMILES string of the molecule is O=C(c1cccc(S(=O)(=O)NC[C@@H]2CCOC2)c1)N1CCSCC1. The average Bonchev–Trinajstić information content (AvgIpc) is 3.14. The first kappa shape index (κ1) is 17.7. The Balaban J connectivity index is 1.70.